The van der Waals surface area contributed by atoms with Gasteiger partial charge >= 0.3 is 5.69 Å². The zero-order valence-electron chi connectivity index (χ0n) is 9.56. The third-order valence-electron chi connectivity index (χ3n) is 2.85. The van der Waals surface area contributed by atoms with Crippen LogP contribution in [0.25, 0.3) is 10.4 Å². The van der Waals surface area contributed by atoms with Crippen LogP contribution in [0.2, 0.25) is 0 Å². The molecule has 102 valence electrons. The minimum absolute atomic E-state index is 0.0912. The number of aromatic nitrogens is 2. The van der Waals surface area contributed by atoms with Crippen molar-refractivity contribution in [1.29, 1.82) is 0 Å². The molecule has 2 rings (SSSR count). The molecule has 1 aliphatic rings. The Kier molecular flexibility index (Phi) is 3.94. The van der Waals surface area contributed by atoms with Gasteiger partial charge in [0.1, 0.15) is 6.23 Å². The highest BCUT2D eigenvalue weighted by Gasteiger charge is 2.48. The lowest BCUT2D eigenvalue weighted by Gasteiger charge is -2.24. The molecule has 2 heterocycles. The van der Waals surface area contributed by atoms with E-state index < -0.39 is 29.3 Å². The number of hydrogen-bond donors (Lipinski definition) is 2. The van der Waals surface area contributed by atoms with Crippen molar-refractivity contribution in [3.05, 3.63) is 43.5 Å². The molecule has 0 amide bonds. The molecule has 0 radical (unpaired) electrons. The van der Waals surface area contributed by atoms with E-state index in [9.17, 15) is 14.7 Å². The van der Waals surface area contributed by atoms with E-state index >= 15 is 0 Å². The molecule has 1 unspecified atom stereocenters. The van der Waals surface area contributed by atoms with Crippen LogP contribution in [-0.2, 0) is 4.74 Å². The number of alkyl halides is 1. The molecule has 0 aromatic carbocycles. The van der Waals surface area contributed by atoms with Crippen molar-refractivity contribution in [2.45, 2.75) is 24.5 Å². The van der Waals surface area contributed by atoms with Crippen molar-refractivity contribution in [2.75, 3.05) is 4.43 Å². The quantitative estimate of drug-likeness (QED) is 0.256. The molecule has 0 spiro atoms. The number of aromatic amines is 1. The van der Waals surface area contributed by atoms with Crippen molar-refractivity contribution in [2.24, 2.45) is 5.11 Å². The Balaban J connectivity index is 2.37. The van der Waals surface area contributed by atoms with Gasteiger partial charge in [-0.25, -0.2) is 4.79 Å². The maximum Gasteiger partial charge on any atom is 0.330 e. The molecule has 19 heavy (non-hydrogen) atoms. The maximum atomic E-state index is 11.6. The molecule has 9 nitrogen and oxygen atoms in total. The predicted molar refractivity (Wildman–Crippen MR) is 72.8 cm³/mol. The van der Waals surface area contributed by atoms with Gasteiger partial charge in [0.05, 0.1) is 6.10 Å². The number of nitrogens with one attached hydrogen (secondary N) is 1. The predicted octanol–water partition coefficient (Wildman–Crippen LogP) is 0.258. The Morgan fingerprint density at radius 1 is 1.74 bits per heavy atom. The summed E-state index contributed by atoms with van der Waals surface area (Å²) in [6, 6.07) is 1.18. The first-order valence-corrected chi connectivity index (χ1v) is 6.84. The summed E-state index contributed by atoms with van der Waals surface area (Å²) in [7, 11) is 0. The smallest absolute Gasteiger partial charge is 0.330 e. The molecule has 10 heteroatoms. The highest BCUT2D eigenvalue weighted by Crippen LogP contribution is 2.38. The summed E-state index contributed by atoms with van der Waals surface area (Å²) in [6.07, 6.45) is -0.449. The van der Waals surface area contributed by atoms with Crippen molar-refractivity contribution >= 4 is 22.6 Å². The van der Waals surface area contributed by atoms with Crippen LogP contribution in [0.4, 0.5) is 0 Å². The van der Waals surface area contributed by atoms with Crippen molar-refractivity contribution in [3.8, 4) is 0 Å². The largest absolute Gasteiger partial charge is 0.390 e. The molecule has 1 aromatic heterocycles. The molecule has 1 saturated heterocycles. The highest BCUT2D eigenvalue weighted by molar-refractivity contribution is 14.1. The van der Waals surface area contributed by atoms with Crippen LogP contribution in [-0.4, -0.2) is 30.9 Å². The van der Waals surface area contributed by atoms with Gasteiger partial charge in [-0.1, -0.05) is 27.7 Å². The van der Waals surface area contributed by atoms with Gasteiger partial charge in [-0.3, -0.25) is 14.3 Å². The summed E-state index contributed by atoms with van der Waals surface area (Å²) in [5.74, 6) is 0. The number of aliphatic hydroxyl groups excluding tert-OH is 1. The van der Waals surface area contributed by atoms with E-state index in [0.717, 1.165) is 4.57 Å². The summed E-state index contributed by atoms with van der Waals surface area (Å²) in [5, 5.41) is 13.5. The lowest BCUT2D eigenvalue weighted by molar-refractivity contribution is -0.0819. The van der Waals surface area contributed by atoms with Gasteiger partial charge in [-0.05, 0) is 5.53 Å². The van der Waals surface area contributed by atoms with Crippen molar-refractivity contribution in [1.82, 2.24) is 9.55 Å². The number of hydrogen-bond acceptors (Lipinski definition) is 5. The van der Waals surface area contributed by atoms with Gasteiger partial charge in [0, 0.05) is 28.0 Å². The number of azide groups is 1. The van der Waals surface area contributed by atoms with E-state index in [0.29, 0.717) is 0 Å². The monoisotopic (exact) mass is 379 g/mol. The number of ether oxygens (including phenoxy) is 1. The Morgan fingerprint density at radius 2 is 2.47 bits per heavy atom. The van der Waals surface area contributed by atoms with E-state index in [1.807, 2.05) is 22.6 Å². The van der Waals surface area contributed by atoms with Crippen LogP contribution in [0, 0.1) is 0 Å². The molecule has 0 aliphatic carbocycles. The molecule has 1 aliphatic heterocycles. The third kappa shape index (κ3) is 2.52. The van der Waals surface area contributed by atoms with Crippen LogP contribution in [0.1, 0.15) is 12.6 Å². The molecular weight excluding hydrogens is 369 g/mol. The van der Waals surface area contributed by atoms with Gasteiger partial charge in [0.2, 0.25) is 0 Å². The van der Waals surface area contributed by atoms with Gasteiger partial charge in [0.25, 0.3) is 5.56 Å². The Bertz CT molecular complexity index is 636. The van der Waals surface area contributed by atoms with Gasteiger partial charge in [0.15, 0.2) is 5.72 Å². The second-order valence-corrected chi connectivity index (χ2v) is 4.77. The van der Waals surface area contributed by atoms with Crippen molar-refractivity contribution < 1.29 is 9.84 Å². The van der Waals surface area contributed by atoms with E-state index in [-0.39, 0.29) is 10.8 Å². The highest BCUT2D eigenvalue weighted by atomic mass is 127. The molecule has 0 saturated carbocycles. The van der Waals surface area contributed by atoms with E-state index in [2.05, 4.69) is 15.0 Å². The second kappa shape index (κ2) is 5.33. The Hall–Kier alpha value is -1.36. The first-order chi connectivity index (χ1) is 9.02. The van der Waals surface area contributed by atoms with Crippen molar-refractivity contribution in [3.63, 3.8) is 0 Å². The van der Waals surface area contributed by atoms with E-state index in [1.54, 1.807) is 0 Å². The number of rotatable bonds is 3. The normalized spacial score (nSPS) is 30.0. The average molecular weight is 379 g/mol. The fraction of sp³-hybridized carbons (Fsp3) is 0.556. The molecule has 3 atom stereocenters. The zero-order valence-corrected chi connectivity index (χ0v) is 11.7. The zero-order chi connectivity index (χ0) is 14.0. The Labute approximate surface area is 120 Å². The van der Waals surface area contributed by atoms with Crippen LogP contribution in [0.15, 0.2) is 27.0 Å². The van der Waals surface area contributed by atoms with Crippen LogP contribution in [0.3, 0.4) is 0 Å². The molecule has 1 aromatic rings. The van der Waals surface area contributed by atoms with Gasteiger partial charge < -0.3 is 9.84 Å². The lowest BCUT2D eigenvalue weighted by Crippen LogP contribution is -2.39. The van der Waals surface area contributed by atoms with Gasteiger partial charge in [-0.15, -0.1) is 0 Å². The van der Waals surface area contributed by atoms with Gasteiger partial charge in [-0.2, -0.15) is 0 Å². The first kappa shape index (κ1) is 14.1. The number of H-pyrrole nitrogens is 1. The fourth-order valence-electron chi connectivity index (χ4n) is 1.87. The minimum Gasteiger partial charge on any atom is -0.390 e. The lowest BCUT2D eigenvalue weighted by atomic mass is 10.1. The second-order valence-electron chi connectivity index (χ2n) is 4.01. The summed E-state index contributed by atoms with van der Waals surface area (Å²) >= 11 is 1.93. The Morgan fingerprint density at radius 3 is 3.05 bits per heavy atom. The summed E-state index contributed by atoms with van der Waals surface area (Å²) in [5.41, 5.74) is 5.98. The van der Waals surface area contributed by atoms with E-state index in [4.69, 9.17) is 10.3 Å². The third-order valence-corrected chi connectivity index (χ3v) is 3.95. The standard InChI is InChI=1S/C9H10IN5O4/c10-4-9(13-14-11)5(16)3-7(19-9)15-2-1-6(17)12-8(15)18/h1-2,5,7,16H,3-4H2,(H,12,17,18)/t5?,7-,9-/m0/s1. The summed E-state index contributed by atoms with van der Waals surface area (Å²) in [4.78, 5) is 27.4. The van der Waals surface area contributed by atoms with Crippen LogP contribution in [0.5, 0.6) is 0 Å². The molecular formula is C9H10IN5O4. The summed E-state index contributed by atoms with van der Waals surface area (Å²) in [6.45, 7) is 0. The molecule has 0 bridgehead atoms. The van der Waals surface area contributed by atoms with E-state index in [1.165, 1.54) is 12.3 Å². The molecule has 1 fully saturated rings. The average Bonchev–Trinajstić information content (AvgIpc) is 2.67. The number of halogens is 1. The van der Waals surface area contributed by atoms with Crippen LogP contribution >= 0.6 is 22.6 Å². The topological polar surface area (TPSA) is 133 Å². The molecule has 2 N–H and O–H groups in total. The summed E-state index contributed by atoms with van der Waals surface area (Å²) < 4.78 is 6.91. The fourth-order valence-corrected chi connectivity index (χ4v) is 2.72. The SMILES string of the molecule is [N-]=[N+]=N[C@@]1(CI)O[C@H](n2ccc(=O)[nH]c2=O)CC1O. The first-order valence-electron chi connectivity index (χ1n) is 5.32. The number of nitrogens with zero attached hydrogens (tertiary/aromatic N) is 4. The number of aliphatic hydroxyl groups is 1. The minimum atomic E-state index is -1.39. The maximum absolute atomic E-state index is 11.6. The van der Waals surface area contributed by atoms with Crippen LogP contribution < -0.4 is 11.2 Å².